The van der Waals surface area contributed by atoms with Crippen molar-refractivity contribution < 1.29 is 46.5 Å². The number of pyridine rings is 1. The molecule has 0 radical (unpaired) electrons. The molecule has 55 heavy (non-hydrogen) atoms. The third-order valence-electron chi connectivity index (χ3n) is 9.39. The van der Waals surface area contributed by atoms with E-state index in [0.29, 0.717) is 36.5 Å². The van der Waals surface area contributed by atoms with Gasteiger partial charge in [0.25, 0.3) is 0 Å². The molecule has 2 fully saturated rings. The fraction of sp³-hybridized carbons (Fsp3) is 0.353. The number of nitriles is 1. The Bertz CT molecular complexity index is 2250. The highest BCUT2D eigenvalue weighted by Crippen LogP contribution is 3.04. The van der Waals surface area contributed by atoms with Crippen LogP contribution in [0.5, 0.6) is 11.8 Å². The maximum absolute atomic E-state index is 16.7. The number of thioether (sulfide) groups is 1. The largest absolute Gasteiger partial charge is 0.489 e. The molecule has 3 aliphatic rings. The van der Waals surface area contributed by atoms with Crippen LogP contribution < -0.4 is 25.8 Å². The van der Waals surface area contributed by atoms with E-state index in [1.54, 1.807) is 0 Å². The van der Waals surface area contributed by atoms with Crippen molar-refractivity contribution >= 4 is 44.5 Å². The van der Waals surface area contributed by atoms with Gasteiger partial charge in [-0.3, -0.25) is 4.90 Å². The number of hydrogen-bond acceptors (Lipinski definition) is 11. The number of fused-ring (bicyclic) bond motifs is 1. The highest BCUT2D eigenvalue weighted by atomic mass is 32.5. The van der Waals surface area contributed by atoms with Crippen LogP contribution in [0.25, 0.3) is 22.0 Å². The fourth-order valence-electron chi connectivity index (χ4n) is 7.12. The van der Waals surface area contributed by atoms with Crippen molar-refractivity contribution in [2.45, 2.75) is 54.2 Å². The molecule has 0 aliphatic carbocycles. The molecule has 3 aliphatic heterocycles. The van der Waals surface area contributed by atoms with E-state index >= 15 is 23.8 Å². The van der Waals surface area contributed by atoms with Gasteiger partial charge < -0.3 is 25.8 Å². The highest BCUT2D eigenvalue weighted by Gasteiger charge is 2.69. The quantitative estimate of drug-likeness (QED) is 0.137. The molecule has 21 heteroatoms. The molecule has 0 saturated carbocycles. The smallest absolute Gasteiger partial charge is 0.318 e. The van der Waals surface area contributed by atoms with Gasteiger partial charge in [-0.1, -0.05) is 37.8 Å². The molecule has 2 aromatic heterocycles. The molecule has 10 nitrogen and oxygen atoms in total. The standard InChI is InChI=1S/C27H21F8N7O2S2.C7H12FN/c1-11(15-8-13(28)10-39-25(15)38)42-6-7-44-22-19-21(40-27(43-3)41-26(19)42)20(30)18(24(22)46(31,32,33,34)35)14-4-5-17(29)23(16(14)9-36)45-12(2)37;8-6-4-7-2-1-3-9(7)5-6/h4-5,8,10-11H,2,6-7,37H2,1,3H3,(H2,38,39);6-7H,1-5H2/t11-;/m1./s1. The van der Waals surface area contributed by atoms with E-state index in [9.17, 15) is 18.4 Å². The van der Waals surface area contributed by atoms with Gasteiger partial charge in [0, 0.05) is 29.3 Å². The predicted molar refractivity (Wildman–Crippen MR) is 191 cm³/mol. The van der Waals surface area contributed by atoms with Crippen LogP contribution in [-0.4, -0.2) is 65.4 Å². The SMILES string of the molecule is C=C(N)Sc1c(F)ccc(-c2c(S(F)(F)(F)(F)F)c3c4c(nc(OC)nc4c2F)N([C@H](C)c2cc(F)cnc2N)CCO3)c1C#N.FC1CC2CCCN2C1. The second-order valence-electron chi connectivity index (χ2n) is 13.0. The number of halogens is 9. The summed E-state index contributed by atoms with van der Waals surface area (Å²) in [4.78, 5) is 11.6. The summed E-state index contributed by atoms with van der Waals surface area (Å²) in [6, 6.07) is 2.54. The first kappa shape index (κ1) is 39.9. The number of anilines is 2. The van der Waals surface area contributed by atoms with Crippen LogP contribution in [0.3, 0.4) is 0 Å². The van der Waals surface area contributed by atoms with Crippen LogP contribution in [0.15, 0.2) is 45.8 Å². The van der Waals surface area contributed by atoms with Gasteiger partial charge in [-0.05, 0) is 50.9 Å². The number of nitrogen functional groups attached to an aromatic ring is 1. The molecule has 4 N–H and O–H groups in total. The molecule has 4 aromatic rings. The van der Waals surface area contributed by atoms with Crippen molar-refractivity contribution in [3.8, 4) is 29.0 Å². The van der Waals surface area contributed by atoms with E-state index in [1.165, 1.54) is 30.7 Å². The summed E-state index contributed by atoms with van der Waals surface area (Å²) >= 11 is 0.321. The Morgan fingerprint density at radius 2 is 1.89 bits per heavy atom. The number of methoxy groups -OCH3 is 1. The lowest BCUT2D eigenvalue weighted by Crippen LogP contribution is -2.31. The van der Waals surface area contributed by atoms with Crippen LogP contribution in [-0.2, 0) is 0 Å². The van der Waals surface area contributed by atoms with Crippen molar-refractivity contribution in [1.82, 2.24) is 19.9 Å². The number of nitrogens with zero attached hydrogens (tertiary/aromatic N) is 6. The summed E-state index contributed by atoms with van der Waals surface area (Å²) in [6.45, 7) is 5.56. The Hall–Kier alpha value is -4.81. The monoisotopic (exact) mass is 820 g/mol. The zero-order valence-corrected chi connectivity index (χ0v) is 30.7. The maximum Gasteiger partial charge on any atom is 0.318 e. The Balaban J connectivity index is 0.000000495. The number of hydrogen-bond donors (Lipinski definition) is 2. The summed E-state index contributed by atoms with van der Waals surface area (Å²) in [5, 5.41) is 8.64. The summed E-state index contributed by atoms with van der Waals surface area (Å²) < 4.78 is 144. The van der Waals surface area contributed by atoms with Crippen molar-refractivity contribution in [1.29, 1.82) is 5.26 Å². The minimum Gasteiger partial charge on any atom is -0.489 e. The Morgan fingerprint density at radius 3 is 2.53 bits per heavy atom. The van der Waals surface area contributed by atoms with Crippen LogP contribution in [0.2, 0.25) is 0 Å². The fourth-order valence-corrected chi connectivity index (χ4v) is 8.90. The van der Waals surface area contributed by atoms with Gasteiger partial charge in [-0.25, -0.2) is 22.5 Å². The third-order valence-corrected chi connectivity index (χ3v) is 11.4. The van der Waals surface area contributed by atoms with Crippen molar-refractivity contribution in [3.63, 3.8) is 0 Å². The molecular formula is C34H33F9N8O2S2. The second kappa shape index (κ2) is 13.7. The lowest BCUT2D eigenvalue weighted by Gasteiger charge is -2.42. The molecule has 5 heterocycles. The van der Waals surface area contributed by atoms with E-state index in [2.05, 4.69) is 26.4 Å². The first-order chi connectivity index (χ1) is 25.6. The number of ether oxygens (including phenoxy) is 2. The normalized spacial score (nSPS) is 19.9. The van der Waals surface area contributed by atoms with E-state index in [4.69, 9.17) is 20.9 Å². The van der Waals surface area contributed by atoms with Crippen LogP contribution >= 0.6 is 22.0 Å². The zero-order valence-electron chi connectivity index (χ0n) is 29.1. The van der Waals surface area contributed by atoms with Gasteiger partial charge in [-0.15, -0.1) is 0 Å². The molecule has 2 saturated heterocycles. The number of nitrogens with two attached hydrogens (primary N) is 2. The average Bonchev–Trinajstić information content (AvgIpc) is 3.62. The Labute approximate surface area is 313 Å². The topological polar surface area (TPSA) is 139 Å². The summed E-state index contributed by atoms with van der Waals surface area (Å²) in [5.74, 6) is -6.21. The molecule has 296 valence electrons. The van der Waals surface area contributed by atoms with E-state index in [0.717, 1.165) is 32.3 Å². The Kier molecular flexibility index (Phi) is 9.96. The van der Waals surface area contributed by atoms with Gasteiger partial charge in [0.15, 0.2) is 16.5 Å². The van der Waals surface area contributed by atoms with Gasteiger partial charge in [0.05, 0.1) is 46.8 Å². The Morgan fingerprint density at radius 1 is 1.16 bits per heavy atom. The zero-order chi connectivity index (χ0) is 40.3. The van der Waals surface area contributed by atoms with Crippen molar-refractivity contribution in [3.05, 3.63) is 64.6 Å². The second-order valence-corrected chi connectivity index (χ2v) is 16.5. The summed E-state index contributed by atoms with van der Waals surface area (Å²) in [5.41, 5.74) is 6.68. The van der Waals surface area contributed by atoms with Gasteiger partial charge in [-0.2, -0.15) is 15.2 Å². The molecule has 7 rings (SSSR count). The number of alkyl halides is 1. The first-order valence-corrected chi connectivity index (χ1v) is 19.3. The van der Waals surface area contributed by atoms with E-state index in [-0.39, 0.29) is 23.0 Å². The molecule has 2 unspecified atom stereocenters. The van der Waals surface area contributed by atoms with Gasteiger partial charge >= 0.3 is 16.2 Å². The van der Waals surface area contributed by atoms with E-state index < -0.39 is 101 Å². The minimum atomic E-state index is -11.0. The van der Waals surface area contributed by atoms with Crippen LogP contribution in [0.1, 0.15) is 43.4 Å². The molecule has 0 amide bonds. The van der Waals surface area contributed by atoms with Crippen molar-refractivity contribution in [2.75, 3.05) is 44.0 Å². The number of benzene rings is 2. The lowest BCUT2D eigenvalue weighted by atomic mass is 9.97. The molecule has 3 atom stereocenters. The molecular weight excluding hydrogens is 788 g/mol. The average molecular weight is 821 g/mol. The summed E-state index contributed by atoms with van der Waals surface area (Å²) in [7, 11) is -9.94. The minimum absolute atomic E-state index is 0.0377. The van der Waals surface area contributed by atoms with Crippen LogP contribution in [0.4, 0.5) is 48.6 Å². The molecule has 2 aromatic carbocycles. The van der Waals surface area contributed by atoms with Gasteiger partial charge in [0.2, 0.25) is 0 Å². The van der Waals surface area contributed by atoms with Gasteiger partial charge in [0.1, 0.15) is 47.6 Å². The van der Waals surface area contributed by atoms with Crippen molar-refractivity contribution in [2.24, 2.45) is 5.73 Å². The highest BCUT2D eigenvalue weighted by molar-refractivity contribution is 8.46. The third kappa shape index (κ3) is 7.71. The number of aromatic nitrogens is 3. The summed E-state index contributed by atoms with van der Waals surface area (Å²) in [6.07, 6.45) is 3.64. The lowest BCUT2D eigenvalue weighted by molar-refractivity contribution is 0.292. The first-order valence-electron chi connectivity index (χ1n) is 16.5. The molecule has 0 bridgehead atoms. The van der Waals surface area contributed by atoms with Crippen LogP contribution in [0, 0.1) is 28.8 Å². The molecule has 0 spiro atoms. The maximum atomic E-state index is 16.7. The predicted octanol–water partition coefficient (Wildman–Crippen LogP) is 8.90. The number of rotatable bonds is 7. The van der Waals surface area contributed by atoms with E-state index in [1.807, 2.05) is 0 Å².